The van der Waals surface area contributed by atoms with Gasteiger partial charge in [0.05, 0.1) is 6.61 Å². The molecule has 22 heavy (non-hydrogen) atoms. The first-order valence-corrected chi connectivity index (χ1v) is 8.10. The molecule has 0 bridgehead atoms. The molecular formula is C16H28N4O2. The Bertz CT molecular complexity index is 494. The molecule has 1 aromatic heterocycles. The van der Waals surface area contributed by atoms with Crippen molar-refractivity contribution in [1.29, 1.82) is 0 Å². The summed E-state index contributed by atoms with van der Waals surface area (Å²) in [6.45, 7) is 9.69. The van der Waals surface area contributed by atoms with Crippen molar-refractivity contribution in [3.8, 4) is 5.88 Å². The zero-order valence-corrected chi connectivity index (χ0v) is 14.1. The summed E-state index contributed by atoms with van der Waals surface area (Å²) >= 11 is 0. The standard InChI is InChI=1S/C16H28N4O2/c1-5-6-9-22-15-12(17)14(20-16(2,3)4)18-13(19-15)11-8-7-10-21-11/h11H,5-10,17H2,1-4H3,(H,18,19,20). The highest BCUT2D eigenvalue weighted by Gasteiger charge is 2.25. The van der Waals surface area contributed by atoms with Gasteiger partial charge in [0.15, 0.2) is 11.6 Å². The fourth-order valence-electron chi connectivity index (χ4n) is 2.26. The van der Waals surface area contributed by atoms with Crippen LogP contribution in [0.5, 0.6) is 5.88 Å². The maximum Gasteiger partial charge on any atom is 0.242 e. The largest absolute Gasteiger partial charge is 0.476 e. The van der Waals surface area contributed by atoms with Crippen LogP contribution in [0.1, 0.15) is 65.3 Å². The van der Waals surface area contributed by atoms with Crippen molar-refractivity contribution in [3.63, 3.8) is 0 Å². The highest BCUT2D eigenvalue weighted by Crippen LogP contribution is 2.33. The van der Waals surface area contributed by atoms with Crippen molar-refractivity contribution in [2.24, 2.45) is 0 Å². The number of nitrogens with two attached hydrogens (primary N) is 1. The molecule has 0 radical (unpaired) electrons. The summed E-state index contributed by atoms with van der Waals surface area (Å²) in [6.07, 6.45) is 3.95. The van der Waals surface area contributed by atoms with Crippen LogP contribution in [0.2, 0.25) is 0 Å². The Balaban J connectivity index is 2.29. The van der Waals surface area contributed by atoms with Crippen LogP contribution in [0, 0.1) is 0 Å². The van der Waals surface area contributed by atoms with Crippen LogP contribution < -0.4 is 15.8 Å². The number of anilines is 2. The third-order valence-corrected chi connectivity index (χ3v) is 3.38. The molecule has 1 unspecified atom stereocenters. The maximum absolute atomic E-state index is 6.19. The molecule has 1 aromatic rings. The fraction of sp³-hybridized carbons (Fsp3) is 0.750. The molecule has 0 amide bonds. The van der Waals surface area contributed by atoms with E-state index in [1.807, 2.05) is 0 Å². The van der Waals surface area contributed by atoms with Crippen molar-refractivity contribution in [2.75, 3.05) is 24.3 Å². The second-order valence-electron chi connectivity index (χ2n) is 6.73. The second-order valence-corrected chi connectivity index (χ2v) is 6.73. The molecule has 6 nitrogen and oxygen atoms in total. The normalized spacial score (nSPS) is 18.5. The van der Waals surface area contributed by atoms with E-state index < -0.39 is 0 Å². The van der Waals surface area contributed by atoms with E-state index in [2.05, 4.69) is 43.0 Å². The van der Waals surface area contributed by atoms with Crippen LogP contribution >= 0.6 is 0 Å². The van der Waals surface area contributed by atoms with Gasteiger partial charge < -0.3 is 20.5 Å². The first-order chi connectivity index (χ1) is 10.4. The zero-order chi connectivity index (χ0) is 16.2. The Morgan fingerprint density at radius 3 is 2.73 bits per heavy atom. The Morgan fingerprint density at radius 2 is 2.14 bits per heavy atom. The van der Waals surface area contributed by atoms with Gasteiger partial charge in [0.25, 0.3) is 0 Å². The molecular weight excluding hydrogens is 280 g/mol. The van der Waals surface area contributed by atoms with Gasteiger partial charge in [-0.25, -0.2) is 4.98 Å². The molecule has 2 heterocycles. The van der Waals surface area contributed by atoms with Gasteiger partial charge in [-0.3, -0.25) is 0 Å². The van der Waals surface area contributed by atoms with Gasteiger partial charge in [-0.15, -0.1) is 0 Å². The first kappa shape index (κ1) is 16.8. The summed E-state index contributed by atoms with van der Waals surface area (Å²) in [5, 5.41) is 3.33. The SMILES string of the molecule is CCCCOc1nc(C2CCCO2)nc(NC(C)(C)C)c1N. The molecule has 1 atom stereocenters. The minimum absolute atomic E-state index is 0.0605. The van der Waals surface area contributed by atoms with Gasteiger partial charge in [-0.05, 0) is 40.0 Å². The third-order valence-electron chi connectivity index (χ3n) is 3.38. The maximum atomic E-state index is 6.19. The molecule has 2 rings (SSSR count). The second kappa shape index (κ2) is 7.13. The molecule has 0 saturated carbocycles. The summed E-state index contributed by atoms with van der Waals surface area (Å²) in [5.41, 5.74) is 6.51. The quantitative estimate of drug-likeness (QED) is 0.785. The highest BCUT2D eigenvalue weighted by molar-refractivity contribution is 5.67. The summed E-state index contributed by atoms with van der Waals surface area (Å²) in [4.78, 5) is 9.07. The number of hydrogen-bond donors (Lipinski definition) is 2. The van der Waals surface area contributed by atoms with Crippen molar-refractivity contribution in [2.45, 2.75) is 65.0 Å². The van der Waals surface area contributed by atoms with Crippen LogP contribution in [0.25, 0.3) is 0 Å². The number of hydrogen-bond acceptors (Lipinski definition) is 6. The number of rotatable bonds is 6. The number of ether oxygens (including phenoxy) is 2. The van der Waals surface area contributed by atoms with Crippen LogP contribution in [-0.2, 0) is 4.74 Å². The molecule has 0 aliphatic carbocycles. The van der Waals surface area contributed by atoms with Crippen molar-refractivity contribution >= 4 is 11.5 Å². The monoisotopic (exact) mass is 308 g/mol. The Kier molecular flexibility index (Phi) is 5.45. The lowest BCUT2D eigenvalue weighted by Crippen LogP contribution is -2.28. The molecule has 1 saturated heterocycles. The van der Waals surface area contributed by atoms with E-state index in [1.165, 1.54) is 0 Å². The van der Waals surface area contributed by atoms with Crippen LogP contribution in [-0.4, -0.2) is 28.7 Å². The fourth-order valence-corrected chi connectivity index (χ4v) is 2.26. The molecule has 1 aliphatic heterocycles. The summed E-state index contributed by atoms with van der Waals surface area (Å²) in [5.74, 6) is 1.74. The average Bonchev–Trinajstić information content (AvgIpc) is 2.95. The predicted molar refractivity (Wildman–Crippen MR) is 88.2 cm³/mol. The molecule has 1 fully saturated rings. The van der Waals surface area contributed by atoms with E-state index in [4.69, 9.17) is 15.2 Å². The summed E-state index contributed by atoms with van der Waals surface area (Å²) < 4.78 is 11.5. The number of nitrogens with one attached hydrogen (secondary N) is 1. The van der Waals surface area contributed by atoms with Crippen molar-refractivity contribution in [3.05, 3.63) is 5.82 Å². The lowest BCUT2D eigenvalue weighted by Gasteiger charge is -2.24. The van der Waals surface area contributed by atoms with Gasteiger partial charge in [-0.1, -0.05) is 13.3 Å². The van der Waals surface area contributed by atoms with E-state index in [1.54, 1.807) is 0 Å². The molecule has 3 N–H and O–H groups in total. The van der Waals surface area contributed by atoms with E-state index in [0.29, 0.717) is 29.8 Å². The number of nitrogen functional groups attached to an aromatic ring is 1. The van der Waals surface area contributed by atoms with Gasteiger partial charge >= 0.3 is 0 Å². The lowest BCUT2D eigenvalue weighted by atomic mass is 10.1. The number of nitrogens with zero attached hydrogens (tertiary/aromatic N) is 2. The molecule has 0 spiro atoms. The van der Waals surface area contributed by atoms with Crippen LogP contribution in [0.15, 0.2) is 0 Å². The highest BCUT2D eigenvalue weighted by atomic mass is 16.5. The van der Waals surface area contributed by atoms with E-state index in [-0.39, 0.29) is 11.6 Å². The Hall–Kier alpha value is -1.56. The van der Waals surface area contributed by atoms with Crippen LogP contribution in [0.3, 0.4) is 0 Å². The van der Waals surface area contributed by atoms with Gasteiger partial charge in [0.2, 0.25) is 5.88 Å². The van der Waals surface area contributed by atoms with E-state index in [0.717, 1.165) is 32.3 Å². The zero-order valence-electron chi connectivity index (χ0n) is 14.1. The topological polar surface area (TPSA) is 82.3 Å². The minimum atomic E-state index is -0.142. The van der Waals surface area contributed by atoms with E-state index in [9.17, 15) is 0 Å². The lowest BCUT2D eigenvalue weighted by molar-refractivity contribution is 0.104. The molecule has 6 heteroatoms. The minimum Gasteiger partial charge on any atom is -0.476 e. The van der Waals surface area contributed by atoms with Gasteiger partial charge in [-0.2, -0.15) is 4.98 Å². The number of aromatic nitrogens is 2. The van der Waals surface area contributed by atoms with Gasteiger partial charge in [0.1, 0.15) is 11.8 Å². The number of unbranched alkanes of at least 4 members (excludes halogenated alkanes) is 1. The summed E-state index contributed by atoms with van der Waals surface area (Å²) in [6, 6.07) is 0. The average molecular weight is 308 g/mol. The van der Waals surface area contributed by atoms with Crippen molar-refractivity contribution < 1.29 is 9.47 Å². The smallest absolute Gasteiger partial charge is 0.242 e. The molecule has 0 aromatic carbocycles. The van der Waals surface area contributed by atoms with Crippen molar-refractivity contribution in [1.82, 2.24) is 9.97 Å². The first-order valence-electron chi connectivity index (χ1n) is 8.10. The van der Waals surface area contributed by atoms with E-state index >= 15 is 0 Å². The predicted octanol–water partition coefficient (Wildman–Crippen LogP) is 3.30. The van der Waals surface area contributed by atoms with Gasteiger partial charge in [0, 0.05) is 12.1 Å². The Labute approximate surface area is 132 Å². The Morgan fingerprint density at radius 1 is 1.36 bits per heavy atom. The third kappa shape index (κ3) is 4.47. The molecule has 124 valence electrons. The molecule has 1 aliphatic rings. The van der Waals surface area contributed by atoms with Crippen LogP contribution in [0.4, 0.5) is 11.5 Å². The summed E-state index contributed by atoms with van der Waals surface area (Å²) in [7, 11) is 0.